The van der Waals surface area contributed by atoms with Crippen LogP contribution < -0.4 is 10.6 Å². The van der Waals surface area contributed by atoms with Crippen molar-refractivity contribution in [1.82, 2.24) is 10.6 Å². The van der Waals surface area contributed by atoms with Crippen molar-refractivity contribution in [3.05, 3.63) is 0 Å². The first-order chi connectivity index (χ1) is 10.9. The Morgan fingerprint density at radius 1 is 1.30 bits per heavy atom. The maximum Gasteiger partial charge on any atom is 0.191 e. The van der Waals surface area contributed by atoms with Crippen LogP contribution in [0.5, 0.6) is 0 Å². The predicted molar refractivity (Wildman–Crippen MR) is 111 cm³/mol. The standard InChI is InChI=1S/C16H33N3O2S.HI/c1-3-17-16(18-9-4-5-13-22-2)19-10-7-11-20-14-15-8-6-12-21-15;/h15H,3-14H2,1-2H3,(H2,17,18,19);1H. The Bertz CT molecular complexity index is 290. The van der Waals surface area contributed by atoms with Crippen molar-refractivity contribution >= 4 is 41.7 Å². The summed E-state index contributed by atoms with van der Waals surface area (Å²) in [7, 11) is 0. The number of rotatable bonds is 12. The van der Waals surface area contributed by atoms with Gasteiger partial charge >= 0.3 is 0 Å². The molecule has 138 valence electrons. The maximum atomic E-state index is 5.65. The van der Waals surface area contributed by atoms with E-state index in [4.69, 9.17) is 9.47 Å². The summed E-state index contributed by atoms with van der Waals surface area (Å²) in [5.41, 5.74) is 0. The highest BCUT2D eigenvalue weighted by Gasteiger charge is 2.14. The van der Waals surface area contributed by atoms with Gasteiger partial charge in [0.2, 0.25) is 0 Å². The number of nitrogens with one attached hydrogen (secondary N) is 2. The van der Waals surface area contributed by atoms with Crippen molar-refractivity contribution in [1.29, 1.82) is 0 Å². The molecule has 0 radical (unpaired) electrons. The van der Waals surface area contributed by atoms with Crippen molar-refractivity contribution < 1.29 is 9.47 Å². The summed E-state index contributed by atoms with van der Waals surface area (Å²) in [6.45, 7) is 7.16. The molecule has 1 heterocycles. The number of ether oxygens (including phenoxy) is 2. The molecule has 1 atom stereocenters. The van der Waals surface area contributed by atoms with E-state index >= 15 is 0 Å². The van der Waals surface area contributed by atoms with Crippen LogP contribution in [0.2, 0.25) is 0 Å². The largest absolute Gasteiger partial charge is 0.379 e. The number of thioether (sulfide) groups is 1. The molecule has 2 N–H and O–H groups in total. The zero-order valence-corrected chi connectivity index (χ0v) is 17.8. The second-order valence-electron chi connectivity index (χ2n) is 5.45. The van der Waals surface area contributed by atoms with Crippen molar-refractivity contribution in [2.24, 2.45) is 4.99 Å². The number of guanidine groups is 1. The van der Waals surface area contributed by atoms with E-state index in [0.29, 0.717) is 6.10 Å². The summed E-state index contributed by atoms with van der Waals surface area (Å²) in [6.07, 6.45) is 8.19. The lowest BCUT2D eigenvalue weighted by Crippen LogP contribution is -2.38. The molecule has 23 heavy (non-hydrogen) atoms. The van der Waals surface area contributed by atoms with Crippen LogP contribution >= 0.6 is 35.7 Å². The SMILES string of the molecule is CCNC(=NCCCOCC1CCCO1)NCCCCSC.I. The number of halogens is 1. The molecule has 1 unspecified atom stereocenters. The van der Waals surface area contributed by atoms with E-state index in [9.17, 15) is 0 Å². The van der Waals surface area contributed by atoms with Gasteiger partial charge in [-0.1, -0.05) is 0 Å². The minimum Gasteiger partial charge on any atom is -0.379 e. The molecule has 7 heteroatoms. The molecule has 1 rings (SSSR count). The second kappa shape index (κ2) is 17.1. The highest BCUT2D eigenvalue weighted by Crippen LogP contribution is 2.11. The predicted octanol–water partition coefficient (Wildman–Crippen LogP) is 2.89. The molecule has 1 aliphatic heterocycles. The highest BCUT2D eigenvalue weighted by atomic mass is 127. The number of aliphatic imine (C=N–C) groups is 1. The third kappa shape index (κ3) is 13.3. The fraction of sp³-hybridized carbons (Fsp3) is 0.938. The van der Waals surface area contributed by atoms with E-state index in [0.717, 1.165) is 58.3 Å². The molecule has 0 spiro atoms. The van der Waals surface area contributed by atoms with Gasteiger partial charge in [0.05, 0.1) is 12.7 Å². The van der Waals surface area contributed by atoms with Gasteiger partial charge in [-0.05, 0) is 51.0 Å². The molecule has 0 aromatic heterocycles. The maximum absolute atomic E-state index is 5.65. The smallest absolute Gasteiger partial charge is 0.191 e. The van der Waals surface area contributed by atoms with Crippen molar-refractivity contribution in [2.75, 3.05) is 51.5 Å². The van der Waals surface area contributed by atoms with Crippen molar-refractivity contribution in [2.45, 2.75) is 45.1 Å². The zero-order valence-electron chi connectivity index (χ0n) is 14.6. The molecular weight excluding hydrogens is 425 g/mol. The molecule has 0 aromatic rings. The number of hydrogen-bond acceptors (Lipinski definition) is 4. The van der Waals surface area contributed by atoms with Gasteiger partial charge in [0.1, 0.15) is 0 Å². The fourth-order valence-electron chi connectivity index (χ4n) is 2.27. The van der Waals surface area contributed by atoms with E-state index in [1.807, 2.05) is 11.8 Å². The molecule has 1 aliphatic rings. The second-order valence-corrected chi connectivity index (χ2v) is 6.44. The van der Waals surface area contributed by atoms with Crippen LogP contribution in [0.1, 0.15) is 39.0 Å². The molecule has 0 amide bonds. The van der Waals surface area contributed by atoms with E-state index in [1.54, 1.807) is 0 Å². The minimum absolute atomic E-state index is 0. The van der Waals surface area contributed by atoms with Crippen LogP contribution in [0.4, 0.5) is 0 Å². The molecular formula is C16H34IN3O2S. The van der Waals surface area contributed by atoms with E-state index in [2.05, 4.69) is 28.8 Å². The molecule has 0 saturated carbocycles. The monoisotopic (exact) mass is 459 g/mol. The van der Waals surface area contributed by atoms with Crippen LogP contribution in [-0.4, -0.2) is 63.5 Å². The van der Waals surface area contributed by atoms with Gasteiger partial charge < -0.3 is 20.1 Å². The first kappa shape index (κ1) is 23.3. The highest BCUT2D eigenvalue weighted by molar-refractivity contribution is 14.0. The van der Waals surface area contributed by atoms with Crippen molar-refractivity contribution in [3.63, 3.8) is 0 Å². The van der Waals surface area contributed by atoms with Gasteiger partial charge in [-0.15, -0.1) is 24.0 Å². The molecule has 1 saturated heterocycles. The Morgan fingerprint density at radius 2 is 2.17 bits per heavy atom. The quantitative estimate of drug-likeness (QED) is 0.204. The minimum atomic E-state index is 0. The van der Waals surface area contributed by atoms with Gasteiger partial charge in [0, 0.05) is 32.8 Å². The molecule has 0 aromatic carbocycles. The van der Waals surface area contributed by atoms with Crippen LogP contribution in [-0.2, 0) is 9.47 Å². The Hall–Kier alpha value is 0.270. The normalized spacial score (nSPS) is 17.8. The lowest BCUT2D eigenvalue weighted by atomic mass is 10.2. The van der Waals surface area contributed by atoms with Crippen LogP contribution in [0.15, 0.2) is 4.99 Å². The molecule has 0 bridgehead atoms. The summed E-state index contributed by atoms with van der Waals surface area (Å²) in [4.78, 5) is 4.58. The van der Waals surface area contributed by atoms with Crippen LogP contribution in [0.3, 0.4) is 0 Å². The zero-order chi connectivity index (χ0) is 15.9. The summed E-state index contributed by atoms with van der Waals surface area (Å²) >= 11 is 1.90. The molecule has 1 fully saturated rings. The third-order valence-corrected chi connectivity index (χ3v) is 4.15. The molecule has 0 aliphatic carbocycles. The van der Waals surface area contributed by atoms with E-state index in [-0.39, 0.29) is 24.0 Å². The summed E-state index contributed by atoms with van der Waals surface area (Å²) in [5, 5.41) is 6.67. The van der Waals surface area contributed by atoms with Gasteiger partial charge in [-0.25, -0.2) is 0 Å². The summed E-state index contributed by atoms with van der Waals surface area (Å²) in [6, 6.07) is 0. The van der Waals surface area contributed by atoms with E-state index in [1.165, 1.54) is 25.0 Å². The topological polar surface area (TPSA) is 54.9 Å². The average molecular weight is 459 g/mol. The summed E-state index contributed by atoms with van der Waals surface area (Å²) < 4.78 is 11.2. The van der Waals surface area contributed by atoms with Gasteiger partial charge in [-0.3, -0.25) is 4.99 Å². The van der Waals surface area contributed by atoms with Gasteiger partial charge in [-0.2, -0.15) is 11.8 Å². The first-order valence-electron chi connectivity index (χ1n) is 8.57. The molecule has 5 nitrogen and oxygen atoms in total. The Balaban J connectivity index is 0.00000484. The lowest BCUT2D eigenvalue weighted by molar-refractivity contribution is 0.0171. The summed E-state index contributed by atoms with van der Waals surface area (Å²) in [5.74, 6) is 2.16. The van der Waals surface area contributed by atoms with Gasteiger partial charge in [0.25, 0.3) is 0 Å². The Morgan fingerprint density at radius 3 is 2.87 bits per heavy atom. The van der Waals surface area contributed by atoms with Crippen molar-refractivity contribution in [3.8, 4) is 0 Å². The third-order valence-electron chi connectivity index (χ3n) is 3.46. The number of nitrogens with zero attached hydrogens (tertiary/aromatic N) is 1. The fourth-order valence-corrected chi connectivity index (χ4v) is 2.76. The van der Waals surface area contributed by atoms with Crippen LogP contribution in [0, 0.1) is 0 Å². The Kier molecular flexibility index (Phi) is 17.3. The first-order valence-corrected chi connectivity index (χ1v) is 9.96. The number of hydrogen-bond donors (Lipinski definition) is 2. The van der Waals surface area contributed by atoms with Crippen LogP contribution in [0.25, 0.3) is 0 Å². The van der Waals surface area contributed by atoms with E-state index < -0.39 is 0 Å². The average Bonchev–Trinajstić information content (AvgIpc) is 3.03. The lowest BCUT2D eigenvalue weighted by Gasteiger charge is -2.11. The van der Waals surface area contributed by atoms with Gasteiger partial charge in [0.15, 0.2) is 5.96 Å². The Labute approximate surface area is 163 Å². The number of unbranched alkanes of at least 4 members (excludes halogenated alkanes) is 1.